The van der Waals surface area contributed by atoms with Crippen LogP contribution < -0.4 is 0 Å². The van der Waals surface area contributed by atoms with E-state index in [0.717, 1.165) is 34.4 Å². The third-order valence-corrected chi connectivity index (χ3v) is 3.76. The Balaban J connectivity index is 1.90. The van der Waals surface area contributed by atoms with E-state index in [9.17, 15) is 13.2 Å². The molecule has 0 radical (unpaired) electrons. The Morgan fingerprint density at radius 2 is 1.80 bits per heavy atom. The van der Waals surface area contributed by atoms with Gasteiger partial charge in [-0.3, -0.25) is 0 Å². The minimum atomic E-state index is -4.34. The lowest BCUT2D eigenvalue weighted by Gasteiger charge is -2.09. The Bertz CT molecular complexity index is 934. The summed E-state index contributed by atoms with van der Waals surface area (Å²) in [6.45, 7) is 1.91. The van der Waals surface area contributed by atoms with Gasteiger partial charge in [-0.15, -0.1) is 5.10 Å². The van der Waals surface area contributed by atoms with Crippen molar-refractivity contribution in [2.45, 2.75) is 19.5 Å². The van der Waals surface area contributed by atoms with E-state index in [1.807, 2.05) is 31.2 Å². The monoisotopic (exact) mass is 342 g/mol. The fourth-order valence-corrected chi connectivity index (χ4v) is 2.66. The van der Waals surface area contributed by atoms with Gasteiger partial charge in [0.1, 0.15) is 11.8 Å². The fraction of sp³-hybridized carbons (Fsp3) is 0.167. The second-order valence-corrected chi connectivity index (χ2v) is 5.73. The highest BCUT2D eigenvalue weighted by Crippen LogP contribution is 2.30. The molecule has 0 aliphatic rings. The van der Waals surface area contributed by atoms with E-state index < -0.39 is 11.7 Å². The Kier molecular flexibility index (Phi) is 4.28. The van der Waals surface area contributed by atoms with E-state index in [2.05, 4.69) is 15.4 Å². The van der Waals surface area contributed by atoms with Crippen LogP contribution in [0.5, 0.6) is 0 Å². The van der Waals surface area contributed by atoms with Crippen LogP contribution in [0.2, 0.25) is 0 Å². The molecule has 1 N–H and O–H groups in total. The van der Waals surface area contributed by atoms with Crippen molar-refractivity contribution in [2.24, 2.45) is 0 Å². The van der Waals surface area contributed by atoms with Crippen LogP contribution in [-0.2, 0) is 12.6 Å². The minimum Gasteiger partial charge on any atom is -0.247 e. The SMILES string of the molecule is Cc1cc(Cc2ccc(C(F)(F)F)cc2)cc(-c2nn[nH]c2C#N)c1. The molecule has 0 amide bonds. The zero-order chi connectivity index (χ0) is 18.0. The molecule has 3 rings (SSSR count). The number of H-pyrrole nitrogens is 1. The summed E-state index contributed by atoms with van der Waals surface area (Å²) in [7, 11) is 0. The summed E-state index contributed by atoms with van der Waals surface area (Å²) >= 11 is 0. The summed E-state index contributed by atoms with van der Waals surface area (Å²) in [5.41, 5.74) is 3.46. The summed E-state index contributed by atoms with van der Waals surface area (Å²) in [5.74, 6) is 0. The smallest absolute Gasteiger partial charge is 0.247 e. The normalized spacial score (nSPS) is 11.3. The number of aromatic nitrogens is 3. The van der Waals surface area contributed by atoms with Gasteiger partial charge >= 0.3 is 6.18 Å². The average molecular weight is 342 g/mol. The molecule has 1 aromatic heterocycles. The van der Waals surface area contributed by atoms with Gasteiger partial charge in [0.15, 0.2) is 5.69 Å². The molecule has 0 bridgehead atoms. The highest BCUT2D eigenvalue weighted by atomic mass is 19.4. The Hall–Kier alpha value is -3.14. The van der Waals surface area contributed by atoms with Crippen molar-refractivity contribution in [2.75, 3.05) is 0 Å². The number of nitrogens with zero attached hydrogens (tertiary/aromatic N) is 3. The van der Waals surface area contributed by atoms with E-state index >= 15 is 0 Å². The molecule has 0 spiro atoms. The van der Waals surface area contributed by atoms with Crippen LogP contribution >= 0.6 is 0 Å². The van der Waals surface area contributed by atoms with Crippen LogP contribution in [0.1, 0.15) is 27.9 Å². The number of alkyl halides is 3. The van der Waals surface area contributed by atoms with Crippen LogP contribution in [0, 0.1) is 18.3 Å². The Morgan fingerprint density at radius 3 is 2.44 bits per heavy atom. The van der Waals surface area contributed by atoms with Gasteiger partial charge in [-0.25, -0.2) is 5.10 Å². The van der Waals surface area contributed by atoms with Crippen molar-refractivity contribution in [3.63, 3.8) is 0 Å². The molecule has 0 aliphatic carbocycles. The third kappa shape index (κ3) is 3.69. The van der Waals surface area contributed by atoms with Gasteiger partial charge in [-0.05, 0) is 48.7 Å². The third-order valence-electron chi connectivity index (χ3n) is 3.76. The molecule has 25 heavy (non-hydrogen) atoms. The van der Waals surface area contributed by atoms with Gasteiger partial charge in [0.25, 0.3) is 0 Å². The Labute approximate surface area is 141 Å². The van der Waals surface area contributed by atoms with Crippen LogP contribution in [0.25, 0.3) is 11.3 Å². The summed E-state index contributed by atoms with van der Waals surface area (Å²) in [6.07, 6.45) is -3.86. The molecule has 1 heterocycles. The van der Waals surface area contributed by atoms with E-state index in [-0.39, 0.29) is 5.69 Å². The number of aromatic amines is 1. The largest absolute Gasteiger partial charge is 0.416 e. The first-order valence-electron chi connectivity index (χ1n) is 7.45. The van der Waals surface area contributed by atoms with Crippen molar-refractivity contribution in [3.8, 4) is 17.3 Å². The van der Waals surface area contributed by atoms with Gasteiger partial charge in [-0.2, -0.15) is 18.4 Å². The maximum absolute atomic E-state index is 12.6. The standard InChI is InChI=1S/C18H13F3N4/c1-11-6-13(8-12-2-4-15(5-3-12)18(19,20)21)9-14(7-11)17-16(10-22)23-25-24-17/h2-7,9H,8H2,1H3,(H,23,24,25). The number of nitrogens with one attached hydrogen (secondary N) is 1. The minimum absolute atomic E-state index is 0.270. The molecule has 0 aliphatic heterocycles. The Morgan fingerprint density at radius 1 is 1.08 bits per heavy atom. The fourth-order valence-electron chi connectivity index (χ4n) is 2.66. The van der Waals surface area contributed by atoms with Crippen LogP contribution in [0.15, 0.2) is 42.5 Å². The van der Waals surface area contributed by atoms with Crippen molar-refractivity contribution in [1.82, 2.24) is 15.4 Å². The zero-order valence-corrected chi connectivity index (χ0v) is 13.2. The lowest BCUT2D eigenvalue weighted by Crippen LogP contribution is -2.04. The highest BCUT2D eigenvalue weighted by Gasteiger charge is 2.29. The van der Waals surface area contributed by atoms with E-state index in [4.69, 9.17) is 5.26 Å². The predicted molar refractivity (Wildman–Crippen MR) is 85.5 cm³/mol. The molecular weight excluding hydrogens is 329 g/mol. The van der Waals surface area contributed by atoms with Gasteiger partial charge < -0.3 is 0 Å². The lowest BCUT2D eigenvalue weighted by molar-refractivity contribution is -0.137. The maximum atomic E-state index is 12.6. The molecular formula is C18H13F3N4. The average Bonchev–Trinajstić information content (AvgIpc) is 3.02. The molecule has 0 saturated carbocycles. The molecule has 7 heteroatoms. The molecule has 0 atom stereocenters. The number of hydrogen-bond acceptors (Lipinski definition) is 3. The molecule has 0 unspecified atom stereocenters. The predicted octanol–water partition coefficient (Wildman–Crippen LogP) is 4.26. The summed E-state index contributed by atoms with van der Waals surface area (Å²) in [4.78, 5) is 0. The molecule has 2 aromatic carbocycles. The second kappa shape index (κ2) is 6.40. The van der Waals surface area contributed by atoms with Crippen molar-refractivity contribution in [1.29, 1.82) is 5.26 Å². The summed E-state index contributed by atoms with van der Waals surface area (Å²) < 4.78 is 37.9. The first-order chi connectivity index (χ1) is 11.9. The summed E-state index contributed by atoms with van der Waals surface area (Å²) in [6, 6.07) is 12.8. The first-order valence-corrected chi connectivity index (χ1v) is 7.45. The van der Waals surface area contributed by atoms with Crippen molar-refractivity contribution < 1.29 is 13.2 Å². The van der Waals surface area contributed by atoms with Gasteiger partial charge in [0.2, 0.25) is 0 Å². The van der Waals surface area contributed by atoms with Gasteiger partial charge in [0.05, 0.1) is 5.56 Å². The van der Waals surface area contributed by atoms with Crippen LogP contribution in [0.3, 0.4) is 0 Å². The molecule has 0 saturated heterocycles. The number of halogens is 3. The molecule has 0 fully saturated rings. The highest BCUT2D eigenvalue weighted by molar-refractivity contribution is 5.65. The van der Waals surface area contributed by atoms with E-state index in [1.54, 1.807) is 0 Å². The number of aryl methyl sites for hydroxylation is 1. The molecule has 4 nitrogen and oxygen atoms in total. The molecule has 126 valence electrons. The van der Waals surface area contributed by atoms with Crippen molar-refractivity contribution in [3.05, 3.63) is 70.4 Å². The number of hydrogen-bond donors (Lipinski definition) is 1. The van der Waals surface area contributed by atoms with E-state index in [1.165, 1.54) is 12.1 Å². The van der Waals surface area contributed by atoms with Gasteiger partial charge in [-0.1, -0.05) is 29.0 Å². The number of nitriles is 1. The van der Waals surface area contributed by atoms with Crippen LogP contribution in [-0.4, -0.2) is 15.4 Å². The van der Waals surface area contributed by atoms with Crippen LogP contribution in [0.4, 0.5) is 13.2 Å². The quantitative estimate of drug-likeness (QED) is 0.773. The topological polar surface area (TPSA) is 65.4 Å². The summed E-state index contributed by atoms with van der Waals surface area (Å²) in [5, 5.41) is 19.2. The maximum Gasteiger partial charge on any atom is 0.416 e. The lowest BCUT2D eigenvalue weighted by atomic mass is 9.98. The van der Waals surface area contributed by atoms with Gasteiger partial charge in [0, 0.05) is 5.56 Å². The second-order valence-electron chi connectivity index (χ2n) is 5.73. The van der Waals surface area contributed by atoms with E-state index in [0.29, 0.717) is 12.1 Å². The first kappa shape index (κ1) is 16.7. The van der Waals surface area contributed by atoms with Crippen molar-refractivity contribution >= 4 is 0 Å². The molecule has 3 aromatic rings. The zero-order valence-electron chi connectivity index (χ0n) is 13.2. The number of rotatable bonds is 3. The number of benzene rings is 2.